The minimum absolute atomic E-state index is 0.373. The molecule has 1 fully saturated rings. The summed E-state index contributed by atoms with van der Waals surface area (Å²) >= 11 is 0. The topological polar surface area (TPSA) is 63.9 Å². The Labute approximate surface area is 130 Å². The maximum absolute atomic E-state index is 10.3. The van der Waals surface area contributed by atoms with Gasteiger partial charge in [0.15, 0.2) is 0 Å². The van der Waals surface area contributed by atoms with E-state index in [0.717, 1.165) is 12.8 Å². The quantitative estimate of drug-likeness (QED) is 0.601. The van der Waals surface area contributed by atoms with Gasteiger partial charge in [-0.05, 0) is 32.1 Å². The number of rotatable bonds is 8. The van der Waals surface area contributed by atoms with E-state index in [2.05, 4.69) is 18.7 Å². The lowest BCUT2D eigenvalue weighted by Gasteiger charge is -2.35. The van der Waals surface area contributed by atoms with Crippen molar-refractivity contribution in [1.29, 1.82) is 0 Å². The molecule has 0 aliphatic heterocycles. The largest absolute Gasteiger partial charge is 0.392 e. The van der Waals surface area contributed by atoms with Crippen molar-refractivity contribution in [1.82, 2.24) is 4.90 Å². The third-order valence-corrected chi connectivity index (χ3v) is 4.42. The minimum Gasteiger partial charge on any atom is -0.392 e. The monoisotopic (exact) mass is 301 g/mol. The van der Waals surface area contributed by atoms with Crippen LogP contribution < -0.4 is 0 Å². The Morgan fingerprint density at radius 1 is 0.857 bits per heavy atom. The molecule has 0 aromatic rings. The van der Waals surface area contributed by atoms with Gasteiger partial charge in [0.05, 0.1) is 18.3 Å². The summed E-state index contributed by atoms with van der Waals surface area (Å²) in [6, 6.07) is 0.433. The lowest BCUT2D eigenvalue weighted by molar-refractivity contribution is -0.0282. The van der Waals surface area contributed by atoms with Gasteiger partial charge < -0.3 is 15.3 Å². The first-order valence-corrected chi connectivity index (χ1v) is 8.68. The zero-order valence-corrected chi connectivity index (χ0v) is 14.0. The van der Waals surface area contributed by atoms with Crippen molar-refractivity contribution in [2.24, 2.45) is 5.92 Å². The molecule has 0 heterocycles. The van der Waals surface area contributed by atoms with Gasteiger partial charge in [0.25, 0.3) is 0 Å². The summed E-state index contributed by atoms with van der Waals surface area (Å²) in [6.45, 7) is 6.93. The number of aliphatic hydroxyl groups is 3. The zero-order chi connectivity index (χ0) is 15.8. The Balaban J connectivity index is 2.59. The molecule has 3 atom stereocenters. The van der Waals surface area contributed by atoms with Crippen LogP contribution in [0.3, 0.4) is 0 Å². The van der Waals surface area contributed by atoms with Crippen molar-refractivity contribution in [3.63, 3.8) is 0 Å². The molecule has 0 aromatic heterocycles. The first kappa shape index (κ1) is 18.9. The molecule has 1 aliphatic carbocycles. The molecule has 1 saturated carbocycles. The van der Waals surface area contributed by atoms with Gasteiger partial charge in [0.2, 0.25) is 0 Å². The maximum Gasteiger partial charge on any atom is 0.0925 e. The van der Waals surface area contributed by atoms with Crippen molar-refractivity contribution in [2.75, 3.05) is 13.1 Å². The molecule has 0 amide bonds. The maximum atomic E-state index is 10.3. The van der Waals surface area contributed by atoms with E-state index < -0.39 is 18.3 Å². The molecule has 0 bridgehead atoms. The molecule has 0 aromatic carbocycles. The van der Waals surface area contributed by atoms with Gasteiger partial charge in [0.1, 0.15) is 0 Å². The van der Waals surface area contributed by atoms with Gasteiger partial charge in [-0.1, -0.05) is 39.5 Å². The fourth-order valence-corrected chi connectivity index (χ4v) is 3.34. The first-order chi connectivity index (χ1) is 9.90. The van der Waals surface area contributed by atoms with E-state index in [0.29, 0.717) is 31.5 Å². The second kappa shape index (κ2) is 9.78. The predicted molar refractivity (Wildman–Crippen MR) is 86.2 cm³/mol. The molecule has 4 heteroatoms. The summed E-state index contributed by atoms with van der Waals surface area (Å²) < 4.78 is 0. The molecular weight excluding hydrogens is 266 g/mol. The van der Waals surface area contributed by atoms with Crippen LogP contribution in [0.25, 0.3) is 0 Å². The van der Waals surface area contributed by atoms with Gasteiger partial charge in [-0.3, -0.25) is 4.90 Å². The Bertz CT molecular complexity index is 263. The van der Waals surface area contributed by atoms with E-state index in [1.807, 2.05) is 0 Å². The molecule has 21 heavy (non-hydrogen) atoms. The van der Waals surface area contributed by atoms with Crippen LogP contribution in [0.4, 0.5) is 0 Å². The van der Waals surface area contributed by atoms with Crippen LogP contribution in [0.2, 0.25) is 0 Å². The minimum atomic E-state index is -0.727. The van der Waals surface area contributed by atoms with Crippen molar-refractivity contribution in [2.45, 2.75) is 90.1 Å². The van der Waals surface area contributed by atoms with E-state index >= 15 is 0 Å². The highest BCUT2D eigenvalue weighted by Crippen LogP contribution is 2.23. The van der Waals surface area contributed by atoms with Crippen molar-refractivity contribution in [3.8, 4) is 0 Å². The second-order valence-electron chi connectivity index (χ2n) is 7.21. The SMILES string of the molecule is CC(C)CC(O)C(O)CN(CC(C)O)C1CCCCCC1. The number of nitrogens with zero attached hydrogens (tertiary/aromatic N) is 1. The number of aliphatic hydroxyl groups excluding tert-OH is 3. The summed E-state index contributed by atoms with van der Waals surface area (Å²) in [6.07, 6.45) is 6.13. The summed E-state index contributed by atoms with van der Waals surface area (Å²) in [5.74, 6) is 0.373. The van der Waals surface area contributed by atoms with Crippen molar-refractivity contribution >= 4 is 0 Å². The Hall–Kier alpha value is -0.160. The predicted octanol–water partition coefficient (Wildman–Crippen LogP) is 2.16. The molecule has 3 unspecified atom stereocenters. The molecule has 3 N–H and O–H groups in total. The van der Waals surface area contributed by atoms with Crippen LogP contribution in [-0.2, 0) is 0 Å². The zero-order valence-electron chi connectivity index (χ0n) is 14.0. The van der Waals surface area contributed by atoms with Gasteiger partial charge >= 0.3 is 0 Å². The molecule has 1 aliphatic rings. The lowest BCUT2D eigenvalue weighted by atomic mass is 10.00. The Morgan fingerprint density at radius 2 is 1.43 bits per heavy atom. The van der Waals surface area contributed by atoms with Crippen LogP contribution in [0.15, 0.2) is 0 Å². The fraction of sp³-hybridized carbons (Fsp3) is 1.00. The molecular formula is C17H35NO3. The summed E-state index contributed by atoms with van der Waals surface area (Å²) in [5.41, 5.74) is 0. The normalized spacial score (nSPS) is 22.3. The Kier molecular flexibility index (Phi) is 8.79. The molecule has 0 radical (unpaired) electrons. The molecule has 0 spiro atoms. The first-order valence-electron chi connectivity index (χ1n) is 8.68. The highest BCUT2D eigenvalue weighted by molar-refractivity contribution is 4.81. The highest BCUT2D eigenvalue weighted by atomic mass is 16.3. The van der Waals surface area contributed by atoms with Crippen LogP contribution in [0, 0.1) is 5.92 Å². The van der Waals surface area contributed by atoms with Gasteiger partial charge in [-0.2, -0.15) is 0 Å². The van der Waals surface area contributed by atoms with Crippen LogP contribution >= 0.6 is 0 Å². The highest BCUT2D eigenvalue weighted by Gasteiger charge is 2.26. The standard InChI is InChI=1S/C17H35NO3/c1-13(2)10-16(20)17(21)12-18(11-14(3)19)15-8-6-4-5-7-9-15/h13-17,19-21H,4-12H2,1-3H3. The van der Waals surface area contributed by atoms with E-state index in [-0.39, 0.29) is 0 Å². The number of hydrogen-bond acceptors (Lipinski definition) is 4. The van der Waals surface area contributed by atoms with Gasteiger partial charge in [-0.15, -0.1) is 0 Å². The lowest BCUT2D eigenvalue weighted by Crippen LogP contribution is -2.47. The third-order valence-electron chi connectivity index (χ3n) is 4.42. The molecule has 4 nitrogen and oxygen atoms in total. The van der Waals surface area contributed by atoms with Crippen molar-refractivity contribution in [3.05, 3.63) is 0 Å². The number of hydrogen-bond donors (Lipinski definition) is 3. The second-order valence-corrected chi connectivity index (χ2v) is 7.21. The van der Waals surface area contributed by atoms with E-state index in [9.17, 15) is 15.3 Å². The third kappa shape index (κ3) is 7.59. The molecule has 0 saturated heterocycles. The van der Waals surface area contributed by atoms with E-state index in [1.165, 1.54) is 25.7 Å². The molecule has 126 valence electrons. The molecule has 1 rings (SSSR count). The summed E-state index contributed by atoms with van der Waals surface area (Å²) in [5, 5.41) is 30.1. The van der Waals surface area contributed by atoms with Crippen LogP contribution in [0.5, 0.6) is 0 Å². The van der Waals surface area contributed by atoms with Crippen LogP contribution in [0.1, 0.15) is 65.7 Å². The van der Waals surface area contributed by atoms with E-state index in [4.69, 9.17) is 0 Å². The van der Waals surface area contributed by atoms with E-state index in [1.54, 1.807) is 6.92 Å². The fourth-order valence-electron chi connectivity index (χ4n) is 3.34. The van der Waals surface area contributed by atoms with Gasteiger partial charge in [0, 0.05) is 19.1 Å². The summed E-state index contributed by atoms with van der Waals surface area (Å²) in [4.78, 5) is 2.20. The summed E-state index contributed by atoms with van der Waals surface area (Å²) in [7, 11) is 0. The van der Waals surface area contributed by atoms with Gasteiger partial charge in [-0.25, -0.2) is 0 Å². The van der Waals surface area contributed by atoms with Crippen molar-refractivity contribution < 1.29 is 15.3 Å². The smallest absolute Gasteiger partial charge is 0.0925 e. The Morgan fingerprint density at radius 3 is 1.90 bits per heavy atom. The average Bonchev–Trinajstić information content (AvgIpc) is 2.65. The average molecular weight is 301 g/mol. The van der Waals surface area contributed by atoms with Crippen LogP contribution in [-0.4, -0.2) is 57.7 Å².